The van der Waals surface area contributed by atoms with Crippen LogP contribution < -0.4 is 0 Å². The van der Waals surface area contributed by atoms with Gasteiger partial charge in [0.2, 0.25) is 0 Å². The van der Waals surface area contributed by atoms with Crippen LogP contribution in [0.15, 0.2) is 70.4 Å². The summed E-state index contributed by atoms with van der Waals surface area (Å²) < 4.78 is 6.20. The van der Waals surface area contributed by atoms with Gasteiger partial charge in [0.05, 0.1) is 4.92 Å². The van der Waals surface area contributed by atoms with Gasteiger partial charge in [0.1, 0.15) is 5.76 Å². The maximum Gasteiger partial charge on any atom is 0.339 e. The zero-order valence-electron chi connectivity index (χ0n) is 12.4. The van der Waals surface area contributed by atoms with Crippen LogP contribution in [0, 0.1) is 10.1 Å². The average Bonchev–Trinajstić information content (AvgIpc) is 2.89. The largest absolute Gasteiger partial charge is 0.423 e. The number of allylic oxidation sites excluding steroid dienone is 1. The highest BCUT2D eigenvalue weighted by atomic mass is 79.9. The van der Waals surface area contributed by atoms with Gasteiger partial charge in [-0.3, -0.25) is 10.1 Å². The summed E-state index contributed by atoms with van der Waals surface area (Å²) in [5.41, 5.74) is 2.15. The number of non-ortho nitro benzene ring substituents is 1. The lowest BCUT2D eigenvalue weighted by atomic mass is 10.1. The van der Waals surface area contributed by atoms with Crippen molar-refractivity contribution >= 4 is 33.7 Å². The molecule has 0 saturated carbocycles. The molecular formula is C18H12BrNO4. The molecular weight excluding hydrogens is 374 g/mol. The van der Waals surface area contributed by atoms with Crippen LogP contribution in [0.1, 0.15) is 11.1 Å². The van der Waals surface area contributed by atoms with Gasteiger partial charge in [-0.15, -0.1) is 0 Å². The average molecular weight is 386 g/mol. The number of rotatable bonds is 4. The second-order valence-electron chi connectivity index (χ2n) is 5.26. The van der Waals surface area contributed by atoms with Gasteiger partial charge in [-0.25, -0.2) is 4.79 Å². The van der Waals surface area contributed by atoms with E-state index < -0.39 is 10.9 Å². The van der Waals surface area contributed by atoms with Crippen molar-refractivity contribution in [1.29, 1.82) is 0 Å². The summed E-state index contributed by atoms with van der Waals surface area (Å²) in [4.78, 5) is 22.3. The number of esters is 1. The minimum atomic E-state index is -0.461. The molecule has 2 aromatic rings. The summed E-state index contributed by atoms with van der Waals surface area (Å²) in [6.07, 6.45) is 3.75. The first-order chi connectivity index (χ1) is 11.5. The number of halogens is 1. The SMILES string of the molecule is O=C1O/C(=C\c2cccc([N+](=O)[O-])c2)C=C1Cc1ccc(Br)cc1. The Labute approximate surface area is 146 Å². The Morgan fingerprint density at radius 1 is 1.17 bits per heavy atom. The molecule has 0 N–H and O–H groups in total. The molecule has 0 radical (unpaired) electrons. The predicted octanol–water partition coefficient (Wildman–Crippen LogP) is 4.42. The van der Waals surface area contributed by atoms with Crippen LogP contribution in [0.5, 0.6) is 0 Å². The van der Waals surface area contributed by atoms with Crippen molar-refractivity contribution in [3.05, 3.63) is 91.7 Å². The number of cyclic esters (lactones) is 1. The van der Waals surface area contributed by atoms with Crippen LogP contribution in [-0.2, 0) is 16.0 Å². The summed E-state index contributed by atoms with van der Waals surface area (Å²) in [7, 11) is 0. The molecule has 0 spiro atoms. The number of carbonyl (C=O) groups excluding carboxylic acids is 1. The number of benzene rings is 2. The molecule has 0 saturated heterocycles. The van der Waals surface area contributed by atoms with E-state index >= 15 is 0 Å². The standard InChI is InChI=1S/C18H12BrNO4/c19-15-6-4-12(5-7-15)8-14-11-17(24-18(14)21)10-13-2-1-3-16(9-13)20(22)23/h1-7,9-11H,8H2/b17-10-. The Morgan fingerprint density at radius 2 is 1.92 bits per heavy atom. The third-order valence-corrected chi connectivity index (χ3v) is 4.02. The van der Waals surface area contributed by atoms with E-state index in [-0.39, 0.29) is 5.69 Å². The minimum absolute atomic E-state index is 0.00672. The Hall–Kier alpha value is -2.73. The van der Waals surface area contributed by atoms with Crippen LogP contribution in [0.2, 0.25) is 0 Å². The number of ether oxygens (including phenoxy) is 1. The molecule has 1 aliphatic rings. The maximum absolute atomic E-state index is 12.0. The lowest BCUT2D eigenvalue weighted by Crippen LogP contribution is -2.01. The summed E-state index contributed by atoms with van der Waals surface area (Å²) in [5.74, 6) is -0.0118. The number of nitrogens with zero attached hydrogens (tertiary/aromatic N) is 1. The second kappa shape index (κ2) is 6.80. The van der Waals surface area contributed by atoms with Crippen molar-refractivity contribution in [3.63, 3.8) is 0 Å². The lowest BCUT2D eigenvalue weighted by molar-refractivity contribution is -0.384. The molecule has 24 heavy (non-hydrogen) atoms. The Balaban J connectivity index is 1.81. The van der Waals surface area contributed by atoms with Crippen LogP contribution in [-0.4, -0.2) is 10.9 Å². The first-order valence-corrected chi connectivity index (χ1v) is 7.94. The van der Waals surface area contributed by atoms with Crippen LogP contribution in [0.3, 0.4) is 0 Å². The molecule has 0 amide bonds. The van der Waals surface area contributed by atoms with Gasteiger partial charge in [-0.2, -0.15) is 0 Å². The van der Waals surface area contributed by atoms with Gasteiger partial charge in [-0.05, 0) is 35.4 Å². The van der Waals surface area contributed by atoms with E-state index in [2.05, 4.69) is 15.9 Å². The number of hydrogen-bond acceptors (Lipinski definition) is 4. The normalized spacial score (nSPS) is 15.3. The van der Waals surface area contributed by atoms with Crippen molar-refractivity contribution in [2.75, 3.05) is 0 Å². The summed E-state index contributed by atoms with van der Waals surface area (Å²) >= 11 is 3.37. The van der Waals surface area contributed by atoms with Crippen LogP contribution in [0.25, 0.3) is 6.08 Å². The quantitative estimate of drug-likeness (QED) is 0.443. The van der Waals surface area contributed by atoms with Gasteiger partial charge >= 0.3 is 5.97 Å². The number of nitro benzene ring substituents is 1. The minimum Gasteiger partial charge on any atom is -0.423 e. The highest BCUT2D eigenvalue weighted by Crippen LogP contribution is 2.24. The first kappa shape index (κ1) is 16.1. The number of carbonyl (C=O) groups is 1. The smallest absolute Gasteiger partial charge is 0.339 e. The Bertz CT molecular complexity index is 869. The van der Waals surface area contributed by atoms with E-state index in [0.29, 0.717) is 23.3 Å². The Morgan fingerprint density at radius 3 is 2.62 bits per heavy atom. The topological polar surface area (TPSA) is 69.4 Å². The van der Waals surface area contributed by atoms with Crippen LogP contribution in [0.4, 0.5) is 5.69 Å². The highest BCUT2D eigenvalue weighted by Gasteiger charge is 2.21. The zero-order chi connectivity index (χ0) is 17.1. The summed E-state index contributed by atoms with van der Waals surface area (Å²) in [6.45, 7) is 0. The predicted molar refractivity (Wildman–Crippen MR) is 93.1 cm³/mol. The molecule has 1 heterocycles. The molecule has 3 rings (SSSR count). The molecule has 2 aromatic carbocycles. The van der Waals surface area contributed by atoms with Crippen molar-refractivity contribution < 1.29 is 14.5 Å². The molecule has 0 aromatic heterocycles. The van der Waals surface area contributed by atoms with E-state index in [0.717, 1.165) is 10.0 Å². The molecule has 1 aliphatic heterocycles. The van der Waals surface area contributed by atoms with Gasteiger partial charge in [-0.1, -0.05) is 40.2 Å². The van der Waals surface area contributed by atoms with Crippen LogP contribution >= 0.6 is 15.9 Å². The van der Waals surface area contributed by atoms with E-state index in [1.165, 1.54) is 12.1 Å². The molecule has 6 heteroatoms. The monoisotopic (exact) mass is 385 g/mol. The molecule has 5 nitrogen and oxygen atoms in total. The Kier molecular flexibility index (Phi) is 4.57. The van der Waals surface area contributed by atoms with Crippen molar-refractivity contribution in [3.8, 4) is 0 Å². The third-order valence-electron chi connectivity index (χ3n) is 3.49. The molecule has 0 atom stereocenters. The first-order valence-electron chi connectivity index (χ1n) is 7.14. The van der Waals surface area contributed by atoms with E-state index in [1.807, 2.05) is 24.3 Å². The fraction of sp³-hybridized carbons (Fsp3) is 0.0556. The maximum atomic E-state index is 12.0. The third kappa shape index (κ3) is 3.78. The van der Waals surface area contributed by atoms with Gasteiger partial charge < -0.3 is 4.74 Å². The lowest BCUT2D eigenvalue weighted by Gasteiger charge is -2.00. The molecule has 120 valence electrons. The van der Waals surface area contributed by atoms with Crippen molar-refractivity contribution in [2.24, 2.45) is 0 Å². The number of hydrogen-bond donors (Lipinski definition) is 0. The molecule has 0 fully saturated rings. The van der Waals surface area contributed by atoms with Gasteiger partial charge in [0.15, 0.2) is 0 Å². The summed E-state index contributed by atoms with van der Waals surface area (Å²) in [6, 6.07) is 13.8. The van der Waals surface area contributed by atoms with E-state index in [9.17, 15) is 14.9 Å². The van der Waals surface area contributed by atoms with E-state index in [4.69, 9.17) is 4.74 Å². The van der Waals surface area contributed by atoms with Crippen molar-refractivity contribution in [2.45, 2.75) is 6.42 Å². The number of nitro groups is 1. The summed E-state index contributed by atoms with van der Waals surface area (Å²) in [5, 5.41) is 10.8. The van der Waals surface area contributed by atoms with Gasteiger partial charge in [0, 0.05) is 28.6 Å². The van der Waals surface area contributed by atoms with Crippen molar-refractivity contribution in [1.82, 2.24) is 0 Å². The molecule has 0 unspecified atom stereocenters. The molecule has 0 aliphatic carbocycles. The zero-order valence-corrected chi connectivity index (χ0v) is 14.0. The fourth-order valence-electron chi connectivity index (χ4n) is 2.34. The van der Waals surface area contributed by atoms with Gasteiger partial charge in [0.25, 0.3) is 5.69 Å². The molecule has 0 bridgehead atoms. The highest BCUT2D eigenvalue weighted by molar-refractivity contribution is 9.10. The second-order valence-corrected chi connectivity index (χ2v) is 6.18. The fourth-order valence-corrected chi connectivity index (χ4v) is 2.61. The van der Waals surface area contributed by atoms with E-state index in [1.54, 1.807) is 24.3 Å².